The summed E-state index contributed by atoms with van der Waals surface area (Å²) in [5, 5.41) is 1.37. The zero-order valence-electron chi connectivity index (χ0n) is 8.62. The van der Waals surface area contributed by atoms with Gasteiger partial charge in [-0.25, -0.2) is 9.80 Å². The first-order chi connectivity index (χ1) is 6.52. The Labute approximate surface area is 93.2 Å². The van der Waals surface area contributed by atoms with Crippen LogP contribution >= 0.6 is 15.9 Å². The SMILES string of the molecule is C=CCN(N)C(Br)(CC)C(=O)OCC. The van der Waals surface area contributed by atoms with Crippen molar-refractivity contribution in [3.05, 3.63) is 12.7 Å². The van der Waals surface area contributed by atoms with E-state index in [4.69, 9.17) is 10.6 Å². The number of esters is 1. The number of carbonyl (C=O) groups is 1. The van der Waals surface area contributed by atoms with Crippen LogP contribution in [-0.4, -0.2) is 28.6 Å². The second-order valence-electron chi connectivity index (χ2n) is 2.77. The Kier molecular flexibility index (Phi) is 5.99. The molecule has 4 nitrogen and oxygen atoms in total. The van der Waals surface area contributed by atoms with Crippen LogP contribution in [0.15, 0.2) is 12.7 Å². The van der Waals surface area contributed by atoms with Crippen LogP contribution in [0.3, 0.4) is 0 Å². The first-order valence-electron chi connectivity index (χ1n) is 4.52. The van der Waals surface area contributed by atoms with Crippen LogP contribution < -0.4 is 5.84 Å². The first kappa shape index (κ1) is 13.6. The van der Waals surface area contributed by atoms with Gasteiger partial charge in [-0.1, -0.05) is 28.9 Å². The van der Waals surface area contributed by atoms with E-state index in [1.165, 1.54) is 5.01 Å². The van der Waals surface area contributed by atoms with E-state index in [9.17, 15) is 4.79 Å². The van der Waals surface area contributed by atoms with Crippen molar-refractivity contribution in [3.8, 4) is 0 Å². The van der Waals surface area contributed by atoms with Crippen LogP contribution in [0, 0.1) is 0 Å². The molecule has 2 N–H and O–H groups in total. The van der Waals surface area contributed by atoms with Crippen LogP contribution in [-0.2, 0) is 9.53 Å². The van der Waals surface area contributed by atoms with Gasteiger partial charge in [-0.2, -0.15) is 0 Å². The molecule has 0 aromatic heterocycles. The topological polar surface area (TPSA) is 55.6 Å². The van der Waals surface area contributed by atoms with Crippen molar-refractivity contribution in [3.63, 3.8) is 0 Å². The third-order valence-corrected chi connectivity index (χ3v) is 3.18. The summed E-state index contributed by atoms with van der Waals surface area (Å²) in [7, 11) is 0. The molecule has 0 rings (SSSR count). The lowest BCUT2D eigenvalue weighted by atomic mass is 10.2. The fraction of sp³-hybridized carbons (Fsp3) is 0.667. The maximum atomic E-state index is 11.6. The van der Waals surface area contributed by atoms with Gasteiger partial charge in [-0.3, -0.25) is 5.84 Å². The molecule has 1 atom stereocenters. The maximum Gasteiger partial charge on any atom is 0.338 e. The van der Waals surface area contributed by atoms with E-state index >= 15 is 0 Å². The Balaban J connectivity index is 4.59. The molecule has 0 fully saturated rings. The highest BCUT2D eigenvalue weighted by atomic mass is 79.9. The maximum absolute atomic E-state index is 11.6. The predicted molar refractivity (Wildman–Crippen MR) is 59.7 cm³/mol. The molecule has 0 spiro atoms. The van der Waals surface area contributed by atoms with Gasteiger partial charge in [0.1, 0.15) is 0 Å². The second-order valence-corrected chi connectivity index (χ2v) is 4.09. The average Bonchev–Trinajstić information content (AvgIpc) is 2.17. The normalized spacial score (nSPS) is 14.9. The lowest BCUT2D eigenvalue weighted by molar-refractivity contribution is -0.151. The van der Waals surface area contributed by atoms with Crippen LogP contribution in [0.1, 0.15) is 20.3 Å². The van der Waals surface area contributed by atoms with Gasteiger partial charge in [-0.15, -0.1) is 6.58 Å². The number of ether oxygens (including phenoxy) is 1. The summed E-state index contributed by atoms with van der Waals surface area (Å²) in [6, 6.07) is 0. The molecule has 14 heavy (non-hydrogen) atoms. The number of rotatable bonds is 6. The van der Waals surface area contributed by atoms with E-state index in [0.29, 0.717) is 19.6 Å². The molecular weight excluding hydrogens is 248 g/mol. The molecule has 0 saturated carbocycles. The van der Waals surface area contributed by atoms with Crippen molar-refractivity contribution < 1.29 is 9.53 Å². The molecule has 82 valence electrons. The lowest BCUT2D eigenvalue weighted by Gasteiger charge is -2.32. The van der Waals surface area contributed by atoms with Crippen molar-refractivity contribution in [2.24, 2.45) is 5.84 Å². The van der Waals surface area contributed by atoms with E-state index in [1.54, 1.807) is 13.0 Å². The second kappa shape index (κ2) is 6.16. The Morgan fingerprint density at radius 2 is 2.29 bits per heavy atom. The van der Waals surface area contributed by atoms with Gasteiger partial charge in [0.2, 0.25) is 0 Å². The quantitative estimate of drug-likeness (QED) is 0.197. The lowest BCUT2D eigenvalue weighted by Crippen LogP contribution is -2.54. The van der Waals surface area contributed by atoms with Gasteiger partial charge in [0.15, 0.2) is 4.45 Å². The smallest absolute Gasteiger partial charge is 0.338 e. The van der Waals surface area contributed by atoms with Gasteiger partial charge in [-0.05, 0) is 13.3 Å². The summed E-state index contributed by atoms with van der Waals surface area (Å²) in [5.41, 5.74) is 0. The molecule has 5 heteroatoms. The molecule has 0 bridgehead atoms. The van der Waals surface area contributed by atoms with Crippen molar-refractivity contribution in [1.29, 1.82) is 0 Å². The van der Waals surface area contributed by atoms with Crippen LogP contribution in [0.4, 0.5) is 0 Å². The molecule has 0 aromatic rings. The van der Waals surface area contributed by atoms with E-state index in [0.717, 1.165) is 0 Å². The minimum Gasteiger partial charge on any atom is -0.464 e. The van der Waals surface area contributed by atoms with Crippen molar-refractivity contribution >= 4 is 21.9 Å². The summed E-state index contributed by atoms with van der Waals surface area (Å²) >= 11 is 3.30. The van der Waals surface area contributed by atoms with Gasteiger partial charge < -0.3 is 4.74 Å². The Bertz CT molecular complexity index is 211. The highest BCUT2D eigenvalue weighted by Gasteiger charge is 2.39. The van der Waals surface area contributed by atoms with E-state index in [1.807, 2.05) is 6.92 Å². The monoisotopic (exact) mass is 264 g/mol. The number of hydrogen-bond acceptors (Lipinski definition) is 4. The Morgan fingerprint density at radius 3 is 2.64 bits per heavy atom. The minimum atomic E-state index is -0.947. The van der Waals surface area contributed by atoms with Crippen LogP contribution in [0.25, 0.3) is 0 Å². The van der Waals surface area contributed by atoms with Crippen LogP contribution in [0.5, 0.6) is 0 Å². The zero-order chi connectivity index (χ0) is 11.2. The van der Waals surface area contributed by atoms with Crippen LogP contribution in [0.2, 0.25) is 0 Å². The number of alkyl halides is 1. The molecule has 0 amide bonds. The number of halogens is 1. The molecule has 0 aliphatic heterocycles. The fourth-order valence-corrected chi connectivity index (χ4v) is 1.25. The number of hydrogen-bond donors (Lipinski definition) is 1. The Morgan fingerprint density at radius 1 is 1.71 bits per heavy atom. The van der Waals surface area contributed by atoms with Crippen molar-refractivity contribution in [2.75, 3.05) is 13.2 Å². The largest absolute Gasteiger partial charge is 0.464 e. The number of carbonyl (C=O) groups excluding carboxylic acids is 1. The molecule has 1 unspecified atom stereocenters. The minimum absolute atomic E-state index is 0.341. The first-order valence-corrected chi connectivity index (χ1v) is 5.31. The molecular formula is C9H17BrN2O2. The van der Waals surface area contributed by atoms with E-state index in [2.05, 4.69) is 22.5 Å². The van der Waals surface area contributed by atoms with E-state index < -0.39 is 4.45 Å². The third kappa shape index (κ3) is 3.08. The standard InChI is InChI=1S/C9H17BrN2O2/c1-4-7-12(11)9(10,5-2)8(13)14-6-3/h4H,1,5-7,11H2,2-3H3. The van der Waals surface area contributed by atoms with E-state index in [-0.39, 0.29) is 5.97 Å². The molecule has 0 saturated heterocycles. The predicted octanol–water partition coefficient (Wildman–Crippen LogP) is 1.41. The van der Waals surface area contributed by atoms with Gasteiger partial charge >= 0.3 is 5.97 Å². The van der Waals surface area contributed by atoms with Crippen molar-refractivity contribution in [2.45, 2.75) is 24.7 Å². The molecule has 0 aliphatic rings. The van der Waals surface area contributed by atoms with Gasteiger partial charge in [0.05, 0.1) is 6.61 Å². The third-order valence-electron chi connectivity index (χ3n) is 1.84. The summed E-state index contributed by atoms with van der Waals surface area (Å²) < 4.78 is 3.98. The molecule has 0 aliphatic carbocycles. The molecule has 0 radical (unpaired) electrons. The average molecular weight is 265 g/mol. The van der Waals surface area contributed by atoms with Crippen molar-refractivity contribution in [1.82, 2.24) is 5.01 Å². The summed E-state index contributed by atoms with van der Waals surface area (Å²) in [5.74, 6) is 5.35. The van der Waals surface area contributed by atoms with Gasteiger partial charge in [0, 0.05) is 6.54 Å². The number of nitrogens with zero attached hydrogens (tertiary/aromatic N) is 1. The molecule has 0 aromatic carbocycles. The Hall–Kier alpha value is -0.390. The molecule has 0 heterocycles. The summed E-state index contributed by atoms with van der Waals surface area (Å²) in [6.07, 6.45) is 2.15. The zero-order valence-corrected chi connectivity index (χ0v) is 10.2. The summed E-state index contributed by atoms with van der Waals surface area (Å²) in [6.45, 7) is 7.93. The fourth-order valence-electron chi connectivity index (χ4n) is 0.990. The highest BCUT2D eigenvalue weighted by molar-refractivity contribution is 9.10. The number of nitrogens with two attached hydrogens (primary N) is 1. The highest BCUT2D eigenvalue weighted by Crippen LogP contribution is 2.26. The van der Waals surface area contributed by atoms with Gasteiger partial charge in [0.25, 0.3) is 0 Å². The summed E-state index contributed by atoms with van der Waals surface area (Å²) in [4.78, 5) is 11.6. The number of hydrazine groups is 1.